The number of hydrogen-bond donors (Lipinski definition) is 0. The summed E-state index contributed by atoms with van der Waals surface area (Å²) in [4.78, 5) is 0. The van der Waals surface area contributed by atoms with E-state index in [4.69, 9.17) is 4.42 Å². The van der Waals surface area contributed by atoms with Crippen molar-refractivity contribution in [1.82, 2.24) is 10.2 Å². The molecular weight excluding hydrogens is 376 g/mol. The van der Waals surface area contributed by atoms with Gasteiger partial charge in [0.15, 0.2) is 0 Å². The smallest absolute Gasteiger partial charge is 0.240 e. The number of benzene rings is 2. The second kappa shape index (κ2) is 7.79. The fraction of sp³-hybridized carbons (Fsp3) is 0.238. The van der Waals surface area contributed by atoms with Gasteiger partial charge in [0.25, 0.3) is 0 Å². The van der Waals surface area contributed by atoms with Crippen molar-refractivity contribution in [2.24, 2.45) is 0 Å². The summed E-state index contributed by atoms with van der Waals surface area (Å²) in [6.07, 6.45) is 4.55. The maximum atomic E-state index is 5.76. The fourth-order valence-corrected chi connectivity index (χ4v) is 2.99. The highest BCUT2D eigenvalue weighted by Gasteiger charge is 2.07. The number of halogens is 1. The third-order valence-electron chi connectivity index (χ3n) is 4.08. The van der Waals surface area contributed by atoms with E-state index in [1.54, 1.807) is 0 Å². The van der Waals surface area contributed by atoms with E-state index in [0.29, 0.717) is 24.1 Å². The van der Waals surface area contributed by atoms with E-state index in [9.17, 15) is 0 Å². The maximum Gasteiger partial charge on any atom is 0.240 e. The number of aryl methyl sites for hydroxylation is 1. The van der Waals surface area contributed by atoms with Crippen LogP contribution in [0.3, 0.4) is 0 Å². The number of rotatable bonds is 5. The zero-order valence-corrected chi connectivity index (χ0v) is 16.2. The molecule has 0 unspecified atom stereocenters. The van der Waals surface area contributed by atoms with Gasteiger partial charge in [-0.3, -0.25) is 0 Å². The predicted octanol–water partition coefficient (Wildman–Crippen LogP) is 6.03. The summed E-state index contributed by atoms with van der Waals surface area (Å²) < 4.78 is 6.86. The quantitative estimate of drug-likeness (QED) is 0.528. The molecule has 0 radical (unpaired) electrons. The van der Waals surface area contributed by atoms with Crippen LogP contribution in [0.5, 0.6) is 0 Å². The number of hydrogen-bond acceptors (Lipinski definition) is 3. The summed E-state index contributed by atoms with van der Waals surface area (Å²) in [5.74, 6) is 1.63. The van der Waals surface area contributed by atoms with Crippen molar-refractivity contribution in [3.63, 3.8) is 0 Å². The molecule has 2 aromatic carbocycles. The second-order valence-electron chi connectivity index (χ2n) is 6.41. The molecule has 0 aliphatic carbocycles. The molecule has 0 amide bonds. The van der Waals surface area contributed by atoms with Crippen LogP contribution in [-0.2, 0) is 6.42 Å². The second-order valence-corrected chi connectivity index (χ2v) is 7.27. The molecular formula is C21H21BrN2O. The van der Waals surface area contributed by atoms with E-state index in [2.05, 4.69) is 77.2 Å². The highest BCUT2D eigenvalue weighted by Crippen LogP contribution is 2.22. The zero-order chi connectivity index (χ0) is 17.8. The fourth-order valence-electron chi connectivity index (χ4n) is 2.75. The van der Waals surface area contributed by atoms with E-state index in [0.717, 1.165) is 10.0 Å². The molecule has 128 valence electrons. The van der Waals surface area contributed by atoms with Crippen molar-refractivity contribution in [2.45, 2.75) is 33.1 Å². The monoisotopic (exact) mass is 396 g/mol. The molecule has 0 aliphatic rings. The third-order valence-corrected chi connectivity index (χ3v) is 4.97. The molecule has 3 nitrogen and oxygen atoms in total. The van der Waals surface area contributed by atoms with Gasteiger partial charge in [0, 0.05) is 10.5 Å². The lowest BCUT2D eigenvalue weighted by Crippen LogP contribution is -1.90. The lowest BCUT2D eigenvalue weighted by atomic mass is 9.97. The van der Waals surface area contributed by atoms with Crippen LogP contribution in [0, 0.1) is 6.92 Å². The van der Waals surface area contributed by atoms with E-state index in [-0.39, 0.29) is 0 Å². The minimum absolute atomic E-state index is 0.472. The Balaban J connectivity index is 1.74. The van der Waals surface area contributed by atoms with Crippen LogP contribution in [-0.4, -0.2) is 10.2 Å². The largest absolute Gasteiger partial charge is 0.421 e. The molecule has 3 rings (SSSR count). The highest BCUT2D eigenvalue weighted by molar-refractivity contribution is 9.10. The summed E-state index contributed by atoms with van der Waals surface area (Å²) in [6.45, 7) is 6.46. The molecule has 0 bridgehead atoms. The minimum Gasteiger partial charge on any atom is -0.421 e. The van der Waals surface area contributed by atoms with Crippen molar-refractivity contribution < 1.29 is 4.42 Å². The van der Waals surface area contributed by atoms with Crippen molar-refractivity contribution >= 4 is 28.1 Å². The molecule has 1 heterocycles. The highest BCUT2D eigenvalue weighted by atomic mass is 79.9. The molecule has 4 heteroatoms. The Kier molecular flexibility index (Phi) is 5.49. The average Bonchev–Trinajstić information content (AvgIpc) is 3.04. The van der Waals surface area contributed by atoms with Crippen molar-refractivity contribution in [1.29, 1.82) is 0 Å². The summed E-state index contributed by atoms with van der Waals surface area (Å²) in [5.41, 5.74) is 4.84. The molecule has 0 aliphatic heterocycles. The Morgan fingerprint density at radius 3 is 2.64 bits per heavy atom. The van der Waals surface area contributed by atoms with Gasteiger partial charge < -0.3 is 4.42 Å². The van der Waals surface area contributed by atoms with E-state index < -0.39 is 0 Å². The SMILES string of the molecule is Cc1cc(Cc2nnc(C=Cc3ccccc3C(C)C)o2)ccc1Br. The average molecular weight is 397 g/mol. The normalized spacial score (nSPS) is 11.6. The maximum absolute atomic E-state index is 5.76. The summed E-state index contributed by atoms with van der Waals surface area (Å²) >= 11 is 3.52. The van der Waals surface area contributed by atoms with Gasteiger partial charge in [-0.2, -0.15) is 0 Å². The Morgan fingerprint density at radius 2 is 1.88 bits per heavy atom. The minimum atomic E-state index is 0.472. The van der Waals surface area contributed by atoms with E-state index in [1.165, 1.54) is 16.7 Å². The van der Waals surface area contributed by atoms with Gasteiger partial charge in [-0.25, -0.2) is 0 Å². The first-order valence-electron chi connectivity index (χ1n) is 8.37. The Morgan fingerprint density at radius 1 is 1.08 bits per heavy atom. The van der Waals surface area contributed by atoms with E-state index in [1.807, 2.05) is 24.3 Å². The molecule has 3 aromatic rings. The summed E-state index contributed by atoms with van der Waals surface area (Å²) in [6, 6.07) is 14.6. The third kappa shape index (κ3) is 4.45. The van der Waals surface area contributed by atoms with Crippen LogP contribution in [0.2, 0.25) is 0 Å². The van der Waals surface area contributed by atoms with Gasteiger partial charge >= 0.3 is 0 Å². The first kappa shape index (κ1) is 17.6. The van der Waals surface area contributed by atoms with Gasteiger partial charge in [-0.15, -0.1) is 10.2 Å². The van der Waals surface area contributed by atoms with Gasteiger partial charge in [-0.1, -0.05) is 66.2 Å². The molecule has 0 N–H and O–H groups in total. The molecule has 0 atom stereocenters. The van der Waals surface area contributed by atoms with Crippen LogP contribution in [0.4, 0.5) is 0 Å². The van der Waals surface area contributed by atoms with Gasteiger partial charge in [0.2, 0.25) is 11.8 Å². The Labute approximate surface area is 156 Å². The molecule has 0 fully saturated rings. The Bertz CT molecular complexity index is 896. The van der Waals surface area contributed by atoms with Crippen molar-refractivity contribution in [3.05, 3.63) is 81.0 Å². The molecule has 0 spiro atoms. The zero-order valence-electron chi connectivity index (χ0n) is 14.7. The first-order valence-corrected chi connectivity index (χ1v) is 9.16. The summed E-state index contributed by atoms with van der Waals surface area (Å²) in [5, 5.41) is 8.28. The number of nitrogens with zero attached hydrogens (tertiary/aromatic N) is 2. The van der Waals surface area contributed by atoms with Crippen LogP contribution in [0.15, 0.2) is 51.4 Å². The predicted molar refractivity (Wildman–Crippen MR) is 105 cm³/mol. The lowest BCUT2D eigenvalue weighted by Gasteiger charge is -2.08. The van der Waals surface area contributed by atoms with Crippen LogP contribution >= 0.6 is 15.9 Å². The van der Waals surface area contributed by atoms with Gasteiger partial charge in [0.1, 0.15) is 0 Å². The molecule has 25 heavy (non-hydrogen) atoms. The van der Waals surface area contributed by atoms with Crippen molar-refractivity contribution in [2.75, 3.05) is 0 Å². The topological polar surface area (TPSA) is 38.9 Å². The lowest BCUT2D eigenvalue weighted by molar-refractivity contribution is 0.496. The number of aromatic nitrogens is 2. The summed E-state index contributed by atoms with van der Waals surface area (Å²) in [7, 11) is 0. The van der Waals surface area contributed by atoms with Gasteiger partial charge in [0.05, 0.1) is 6.42 Å². The van der Waals surface area contributed by atoms with Crippen molar-refractivity contribution in [3.8, 4) is 0 Å². The van der Waals surface area contributed by atoms with Crippen LogP contribution < -0.4 is 0 Å². The molecule has 0 saturated heterocycles. The van der Waals surface area contributed by atoms with Gasteiger partial charge in [-0.05, 0) is 47.2 Å². The van der Waals surface area contributed by atoms with E-state index >= 15 is 0 Å². The molecule has 1 aromatic heterocycles. The first-order chi connectivity index (χ1) is 12.0. The van der Waals surface area contributed by atoms with Crippen LogP contribution in [0.1, 0.15) is 53.8 Å². The van der Waals surface area contributed by atoms with Crippen LogP contribution in [0.25, 0.3) is 12.2 Å². The Hall–Kier alpha value is -2.20. The molecule has 0 saturated carbocycles. The standard InChI is InChI=1S/C21H21BrN2O/c1-14(2)18-7-5-4-6-17(18)9-11-20-23-24-21(25-20)13-16-8-10-19(22)15(3)12-16/h4-12,14H,13H2,1-3H3.